The molecule has 2 aromatic rings. The van der Waals surface area contributed by atoms with E-state index in [0.717, 1.165) is 12.8 Å². The Hall–Kier alpha value is -3.09. The van der Waals surface area contributed by atoms with Gasteiger partial charge in [-0.05, 0) is 37.0 Å². The number of methoxy groups -OCH3 is 1. The molecular formula is C22H29N3O4. The van der Waals surface area contributed by atoms with E-state index < -0.39 is 6.04 Å². The Kier molecular flexibility index (Phi) is 8.45. The summed E-state index contributed by atoms with van der Waals surface area (Å²) in [6, 6.07) is 11.3. The molecule has 1 aromatic heterocycles. The fourth-order valence-electron chi connectivity index (χ4n) is 2.96. The third-order valence-corrected chi connectivity index (χ3v) is 4.61. The van der Waals surface area contributed by atoms with E-state index in [2.05, 4.69) is 10.6 Å². The zero-order valence-electron chi connectivity index (χ0n) is 17.2. The second-order valence-electron chi connectivity index (χ2n) is 7.13. The van der Waals surface area contributed by atoms with Crippen LogP contribution < -0.4 is 20.9 Å². The van der Waals surface area contributed by atoms with Gasteiger partial charge >= 0.3 is 0 Å². The lowest BCUT2D eigenvalue weighted by Crippen LogP contribution is -2.49. The van der Waals surface area contributed by atoms with Gasteiger partial charge in [0.1, 0.15) is 11.8 Å². The molecule has 0 aliphatic carbocycles. The van der Waals surface area contributed by atoms with E-state index in [9.17, 15) is 14.4 Å². The Morgan fingerprint density at radius 2 is 1.79 bits per heavy atom. The number of hydrogen-bond acceptors (Lipinski definition) is 4. The van der Waals surface area contributed by atoms with Gasteiger partial charge in [0.05, 0.1) is 12.7 Å². The molecule has 2 N–H and O–H groups in total. The average molecular weight is 399 g/mol. The molecule has 0 aliphatic heterocycles. The number of ether oxygens (including phenoxy) is 1. The zero-order valence-corrected chi connectivity index (χ0v) is 17.2. The van der Waals surface area contributed by atoms with Crippen molar-refractivity contribution in [1.29, 1.82) is 0 Å². The van der Waals surface area contributed by atoms with E-state index in [1.165, 1.54) is 13.2 Å². The van der Waals surface area contributed by atoms with E-state index in [4.69, 9.17) is 4.74 Å². The van der Waals surface area contributed by atoms with Crippen molar-refractivity contribution in [1.82, 2.24) is 15.2 Å². The van der Waals surface area contributed by atoms with Crippen molar-refractivity contribution in [3.05, 3.63) is 64.6 Å². The van der Waals surface area contributed by atoms with Crippen LogP contribution in [0.25, 0.3) is 0 Å². The van der Waals surface area contributed by atoms with Crippen molar-refractivity contribution in [3.63, 3.8) is 0 Å². The van der Waals surface area contributed by atoms with E-state index >= 15 is 0 Å². The predicted molar refractivity (Wildman–Crippen MR) is 112 cm³/mol. The molecule has 0 radical (unpaired) electrons. The first kappa shape index (κ1) is 22.2. The van der Waals surface area contributed by atoms with Crippen molar-refractivity contribution < 1.29 is 14.3 Å². The minimum atomic E-state index is -0.649. The summed E-state index contributed by atoms with van der Waals surface area (Å²) >= 11 is 0. The number of unbranched alkanes of at least 4 members (excludes halogenated alkanes) is 1. The number of aryl methyl sites for hydroxylation is 1. The maximum absolute atomic E-state index is 12.6. The molecule has 156 valence electrons. The van der Waals surface area contributed by atoms with Crippen molar-refractivity contribution in [2.75, 3.05) is 13.7 Å². The topological polar surface area (TPSA) is 89.4 Å². The summed E-state index contributed by atoms with van der Waals surface area (Å²) in [6.07, 6.45) is 3.26. The summed E-state index contributed by atoms with van der Waals surface area (Å²) < 4.78 is 6.87. The number of carbonyl (C=O) groups is 2. The highest BCUT2D eigenvalue weighted by Crippen LogP contribution is 2.17. The van der Waals surface area contributed by atoms with Crippen LogP contribution in [0.5, 0.6) is 5.75 Å². The summed E-state index contributed by atoms with van der Waals surface area (Å²) in [4.78, 5) is 36.9. The van der Waals surface area contributed by atoms with Gasteiger partial charge in [0, 0.05) is 25.4 Å². The number of aromatic nitrogens is 1. The van der Waals surface area contributed by atoms with Crippen LogP contribution in [0.15, 0.2) is 53.5 Å². The van der Waals surface area contributed by atoms with Crippen LogP contribution in [-0.2, 0) is 11.3 Å². The van der Waals surface area contributed by atoms with Gasteiger partial charge in [-0.25, -0.2) is 0 Å². The number of nitrogens with one attached hydrogen (secondary N) is 2. The van der Waals surface area contributed by atoms with Gasteiger partial charge in [0.25, 0.3) is 5.91 Å². The summed E-state index contributed by atoms with van der Waals surface area (Å²) in [7, 11) is 1.50. The van der Waals surface area contributed by atoms with E-state index in [1.54, 1.807) is 41.1 Å². The molecule has 0 spiro atoms. The number of hydrogen-bond donors (Lipinski definition) is 2. The Labute approximate surface area is 171 Å². The Bertz CT molecular complexity index is 876. The van der Waals surface area contributed by atoms with Crippen LogP contribution in [-0.4, -0.2) is 36.1 Å². The van der Waals surface area contributed by atoms with E-state index in [1.807, 2.05) is 19.9 Å². The highest BCUT2D eigenvalue weighted by Gasteiger charge is 2.25. The molecule has 0 bridgehead atoms. The first-order valence-corrected chi connectivity index (χ1v) is 9.81. The molecule has 7 heteroatoms. The first-order valence-electron chi connectivity index (χ1n) is 9.81. The molecule has 1 aromatic carbocycles. The SMILES string of the molecule is COc1ccccc1C(=O)NC(C(=O)NCCCCn1ccccc1=O)C(C)C. The normalized spacial score (nSPS) is 11.7. The van der Waals surface area contributed by atoms with Gasteiger partial charge in [-0.3, -0.25) is 14.4 Å². The largest absolute Gasteiger partial charge is 0.496 e. The number of carbonyl (C=O) groups excluding carboxylic acids is 2. The van der Waals surface area contributed by atoms with Crippen molar-refractivity contribution in [2.45, 2.75) is 39.3 Å². The average Bonchev–Trinajstić information content (AvgIpc) is 2.72. The van der Waals surface area contributed by atoms with E-state index in [-0.39, 0.29) is 23.3 Å². The number of nitrogens with zero attached hydrogens (tertiary/aromatic N) is 1. The number of rotatable bonds is 10. The Morgan fingerprint density at radius 1 is 1.07 bits per heavy atom. The predicted octanol–water partition coefficient (Wildman–Crippen LogP) is 2.21. The molecular weight excluding hydrogens is 370 g/mol. The standard InChI is InChI=1S/C22H29N3O4/c1-16(2)20(24-21(27)17-10-4-5-11-18(17)29-3)22(28)23-13-7-9-15-25-14-8-6-12-19(25)26/h4-6,8,10-12,14,16,20H,7,9,13,15H2,1-3H3,(H,23,28)(H,24,27). The second-order valence-corrected chi connectivity index (χ2v) is 7.13. The highest BCUT2D eigenvalue weighted by atomic mass is 16.5. The lowest BCUT2D eigenvalue weighted by atomic mass is 10.0. The van der Waals surface area contributed by atoms with Gasteiger partial charge in [-0.1, -0.05) is 32.0 Å². The minimum absolute atomic E-state index is 0.0320. The van der Waals surface area contributed by atoms with Crippen molar-refractivity contribution >= 4 is 11.8 Å². The summed E-state index contributed by atoms with van der Waals surface area (Å²) in [5.41, 5.74) is 0.359. The van der Waals surface area contributed by atoms with Gasteiger partial charge < -0.3 is 19.9 Å². The quantitative estimate of drug-likeness (QED) is 0.600. The zero-order chi connectivity index (χ0) is 21.2. The third kappa shape index (κ3) is 6.48. The van der Waals surface area contributed by atoms with E-state index in [0.29, 0.717) is 24.4 Å². The third-order valence-electron chi connectivity index (χ3n) is 4.61. The molecule has 2 rings (SSSR count). The second kappa shape index (κ2) is 11.0. The van der Waals surface area contributed by atoms with Gasteiger partial charge in [-0.2, -0.15) is 0 Å². The van der Waals surface area contributed by atoms with Crippen LogP contribution in [0.2, 0.25) is 0 Å². The van der Waals surface area contributed by atoms with Crippen LogP contribution in [0.4, 0.5) is 0 Å². The number of amides is 2. The Balaban J connectivity index is 1.85. The molecule has 29 heavy (non-hydrogen) atoms. The molecule has 2 amide bonds. The number of pyridine rings is 1. The molecule has 1 unspecified atom stereocenters. The van der Waals surface area contributed by atoms with Gasteiger partial charge in [0.15, 0.2) is 0 Å². The molecule has 0 saturated carbocycles. The number of benzene rings is 1. The fourth-order valence-corrected chi connectivity index (χ4v) is 2.96. The molecule has 0 saturated heterocycles. The van der Waals surface area contributed by atoms with Crippen LogP contribution in [0.1, 0.15) is 37.0 Å². The summed E-state index contributed by atoms with van der Waals surface area (Å²) in [5, 5.41) is 5.68. The lowest BCUT2D eigenvalue weighted by Gasteiger charge is -2.22. The maximum Gasteiger partial charge on any atom is 0.255 e. The molecule has 0 aliphatic rings. The fraction of sp³-hybridized carbons (Fsp3) is 0.409. The lowest BCUT2D eigenvalue weighted by molar-refractivity contribution is -0.123. The van der Waals surface area contributed by atoms with Gasteiger partial charge in [-0.15, -0.1) is 0 Å². The molecule has 1 atom stereocenters. The molecule has 0 fully saturated rings. The van der Waals surface area contributed by atoms with Gasteiger partial charge in [0.2, 0.25) is 11.5 Å². The van der Waals surface area contributed by atoms with Crippen LogP contribution in [0, 0.1) is 5.92 Å². The summed E-state index contributed by atoms with van der Waals surface area (Å²) in [6.45, 7) is 4.85. The number of para-hydroxylation sites is 1. The maximum atomic E-state index is 12.6. The molecule has 7 nitrogen and oxygen atoms in total. The van der Waals surface area contributed by atoms with Crippen molar-refractivity contribution in [3.8, 4) is 5.75 Å². The summed E-state index contributed by atoms with van der Waals surface area (Å²) in [5.74, 6) is -0.180. The van der Waals surface area contributed by atoms with Crippen molar-refractivity contribution in [2.24, 2.45) is 5.92 Å². The first-order chi connectivity index (χ1) is 13.9. The van der Waals surface area contributed by atoms with Crippen LogP contribution in [0.3, 0.4) is 0 Å². The minimum Gasteiger partial charge on any atom is -0.496 e. The smallest absolute Gasteiger partial charge is 0.255 e. The Morgan fingerprint density at radius 3 is 2.48 bits per heavy atom. The monoisotopic (exact) mass is 399 g/mol. The highest BCUT2D eigenvalue weighted by molar-refractivity contribution is 5.99. The van der Waals surface area contributed by atoms with Crippen LogP contribution >= 0.6 is 0 Å². The molecule has 1 heterocycles.